The molecule has 4 aromatic rings. The quantitative estimate of drug-likeness (QED) is 0.555. The average molecular weight is 358 g/mol. The maximum Gasteiger partial charge on any atom is 0.131 e. The van der Waals surface area contributed by atoms with E-state index >= 15 is 0 Å². The molecule has 0 aliphatic rings. The Kier molecular flexibility index (Phi) is 4.28. The second-order valence-electron chi connectivity index (χ2n) is 6.66. The van der Waals surface area contributed by atoms with E-state index in [4.69, 9.17) is 15.5 Å². The Bertz CT molecular complexity index is 1120. The van der Waals surface area contributed by atoms with Gasteiger partial charge in [0.1, 0.15) is 17.4 Å². The van der Waals surface area contributed by atoms with Gasteiger partial charge in [-0.05, 0) is 30.7 Å². The molecule has 0 radical (unpaired) electrons. The second kappa shape index (κ2) is 6.76. The second-order valence-corrected chi connectivity index (χ2v) is 6.66. The molecule has 0 saturated carbocycles. The van der Waals surface area contributed by atoms with E-state index in [2.05, 4.69) is 41.2 Å². The zero-order valence-corrected chi connectivity index (χ0v) is 15.7. The van der Waals surface area contributed by atoms with E-state index in [1.54, 1.807) is 7.11 Å². The summed E-state index contributed by atoms with van der Waals surface area (Å²) >= 11 is 0. The van der Waals surface area contributed by atoms with Gasteiger partial charge < -0.3 is 15.5 Å². The van der Waals surface area contributed by atoms with Gasteiger partial charge >= 0.3 is 0 Å². The molecule has 5 nitrogen and oxygen atoms in total. The number of H-pyrrole nitrogens is 1. The lowest BCUT2D eigenvalue weighted by atomic mass is 9.89. The summed E-state index contributed by atoms with van der Waals surface area (Å²) in [5.74, 6) is 2.00. The molecule has 1 unspecified atom stereocenters. The van der Waals surface area contributed by atoms with Crippen molar-refractivity contribution >= 4 is 16.7 Å². The topological polar surface area (TPSA) is 76.8 Å². The van der Waals surface area contributed by atoms with Crippen molar-refractivity contribution in [2.24, 2.45) is 0 Å². The number of methoxy groups -OCH3 is 1. The van der Waals surface area contributed by atoms with Crippen LogP contribution < -0.4 is 10.5 Å². The number of nitrogens with two attached hydrogens (primary N) is 1. The third-order valence-corrected chi connectivity index (χ3v) is 4.96. The highest BCUT2D eigenvalue weighted by molar-refractivity contribution is 5.94. The Labute approximate surface area is 158 Å². The summed E-state index contributed by atoms with van der Waals surface area (Å²) in [5.41, 5.74) is 11.4. The molecule has 1 atom stereocenters. The maximum absolute atomic E-state index is 6.40. The lowest BCUT2D eigenvalue weighted by molar-refractivity contribution is 0.414. The molecule has 136 valence electrons. The predicted octanol–water partition coefficient (Wildman–Crippen LogP) is 4.68. The van der Waals surface area contributed by atoms with E-state index < -0.39 is 0 Å². The standard InChI is InChI=1S/C22H22N4O/c1-13(16-7-4-8-17(12-16)27-3)19-21(25-14(2)26-22(19)23)18-9-5-6-15-10-11-24-20(15)18/h4-13,24H,1-3H3,(H2,23,25,26). The number of aromatic nitrogens is 3. The molecule has 2 aromatic carbocycles. The minimum Gasteiger partial charge on any atom is -0.497 e. The number of ether oxygens (including phenoxy) is 1. The minimum atomic E-state index is 0.0147. The third kappa shape index (κ3) is 3.01. The first kappa shape index (κ1) is 17.1. The zero-order valence-electron chi connectivity index (χ0n) is 15.7. The molecule has 27 heavy (non-hydrogen) atoms. The maximum atomic E-state index is 6.40. The highest BCUT2D eigenvalue weighted by Gasteiger charge is 2.22. The summed E-state index contributed by atoms with van der Waals surface area (Å²) in [6, 6.07) is 16.3. The molecule has 0 aliphatic carbocycles. The van der Waals surface area contributed by atoms with Crippen LogP contribution in [0, 0.1) is 6.92 Å². The molecule has 0 bridgehead atoms. The first-order chi connectivity index (χ1) is 13.1. The summed E-state index contributed by atoms with van der Waals surface area (Å²) in [4.78, 5) is 12.6. The molecular weight excluding hydrogens is 336 g/mol. The summed E-state index contributed by atoms with van der Waals surface area (Å²) in [6.07, 6.45) is 1.94. The van der Waals surface area contributed by atoms with Crippen LogP contribution in [-0.2, 0) is 0 Å². The normalized spacial score (nSPS) is 12.3. The third-order valence-electron chi connectivity index (χ3n) is 4.96. The van der Waals surface area contributed by atoms with E-state index in [9.17, 15) is 0 Å². The van der Waals surface area contributed by atoms with Crippen molar-refractivity contribution in [3.63, 3.8) is 0 Å². The van der Waals surface area contributed by atoms with Crippen LogP contribution in [0.4, 0.5) is 5.82 Å². The van der Waals surface area contributed by atoms with E-state index in [1.165, 1.54) is 0 Å². The molecule has 0 amide bonds. The van der Waals surface area contributed by atoms with E-state index in [0.717, 1.165) is 39.0 Å². The van der Waals surface area contributed by atoms with Crippen molar-refractivity contribution in [3.05, 3.63) is 71.7 Å². The predicted molar refractivity (Wildman–Crippen MR) is 109 cm³/mol. The summed E-state index contributed by atoms with van der Waals surface area (Å²) in [6.45, 7) is 3.99. The molecule has 4 rings (SSSR count). The van der Waals surface area contributed by atoms with E-state index in [1.807, 2.05) is 37.4 Å². The first-order valence-electron chi connectivity index (χ1n) is 8.93. The monoisotopic (exact) mass is 358 g/mol. The number of anilines is 1. The van der Waals surface area contributed by atoms with Gasteiger partial charge in [0.15, 0.2) is 0 Å². The first-order valence-corrected chi connectivity index (χ1v) is 8.93. The van der Waals surface area contributed by atoms with Crippen LogP contribution in [0.15, 0.2) is 54.7 Å². The highest BCUT2D eigenvalue weighted by Crippen LogP contribution is 2.38. The number of para-hydroxylation sites is 1. The number of benzene rings is 2. The number of hydrogen-bond acceptors (Lipinski definition) is 4. The molecule has 2 heterocycles. The molecule has 3 N–H and O–H groups in total. The number of aryl methyl sites for hydroxylation is 1. The number of fused-ring (bicyclic) bond motifs is 1. The summed E-state index contributed by atoms with van der Waals surface area (Å²) in [7, 11) is 1.67. The Morgan fingerprint density at radius 1 is 1.07 bits per heavy atom. The number of aromatic amines is 1. The van der Waals surface area contributed by atoms with Crippen molar-refractivity contribution in [2.45, 2.75) is 19.8 Å². The lowest BCUT2D eigenvalue weighted by Gasteiger charge is -2.19. The van der Waals surface area contributed by atoms with Crippen LogP contribution in [0.1, 0.15) is 29.8 Å². The van der Waals surface area contributed by atoms with Crippen LogP contribution in [-0.4, -0.2) is 22.1 Å². The lowest BCUT2D eigenvalue weighted by Crippen LogP contribution is -2.09. The van der Waals surface area contributed by atoms with E-state index in [-0.39, 0.29) is 5.92 Å². The molecule has 0 fully saturated rings. The Balaban J connectivity index is 1.94. The summed E-state index contributed by atoms with van der Waals surface area (Å²) in [5, 5.41) is 1.14. The highest BCUT2D eigenvalue weighted by atomic mass is 16.5. The minimum absolute atomic E-state index is 0.0147. The number of nitrogens with one attached hydrogen (secondary N) is 1. The molecule has 0 saturated heterocycles. The smallest absolute Gasteiger partial charge is 0.131 e. The van der Waals surface area contributed by atoms with Gasteiger partial charge in [0.2, 0.25) is 0 Å². The van der Waals surface area contributed by atoms with Crippen molar-refractivity contribution in [3.8, 4) is 17.0 Å². The average Bonchev–Trinajstić information content (AvgIpc) is 3.16. The van der Waals surface area contributed by atoms with Gasteiger partial charge in [-0.1, -0.05) is 37.3 Å². The van der Waals surface area contributed by atoms with Crippen LogP contribution >= 0.6 is 0 Å². The van der Waals surface area contributed by atoms with E-state index in [0.29, 0.717) is 11.6 Å². The number of nitrogen functional groups attached to an aromatic ring is 1. The van der Waals surface area contributed by atoms with Gasteiger partial charge in [-0.15, -0.1) is 0 Å². The van der Waals surface area contributed by atoms with Gasteiger partial charge in [0.25, 0.3) is 0 Å². The Hall–Kier alpha value is -3.34. The fourth-order valence-electron chi connectivity index (χ4n) is 3.59. The molecule has 0 spiro atoms. The Morgan fingerprint density at radius 3 is 2.70 bits per heavy atom. The van der Waals surface area contributed by atoms with Crippen LogP contribution in [0.3, 0.4) is 0 Å². The number of rotatable bonds is 4. The largest absolute Gasteiger partial charge is 0.497 e. The van der Waals surface area contributed by atoms with Gasteiger partial charge in [-0.25, -0.2) is 9.97 Å². The van der Waals surface area contributed by atoms with Crippen LogP contribution in [0.5, 0.6) is 5.75 Å². The zero-order chi connectivity index (χ0) is 19.0. The van der Waals surface area contributed by atoms with Crippen LogP contribution in [0.25, 0.3) is 22.2 Å². The van der Waals surface area contributed by atoms with Gasteiger partial charge in [0.05, 0.1) is 18.3 Å². The summed E-state index contributed by atoms with van der Waals surface area (Å²) < 4.78 is 5.38. The SMILES string of the molecule is COc1cccc(C(C)c2c(N)nc(C)nc2-c2cccc3cc[nH]c23)c1. The van der Waals surface area contributed by atoms with Crippen LogP contribution in [0.2, 0.25) is 0 Å². The van der Waals surface area contributed by atoms with Crippen molar-refractivity contribution < 1.29 is 4.74 Å². The van der Waals surface area contributed by atoms with Gasteiger partial charge in [-0.3, -0.25) is 0 Å². The molecule has 0 aliphatic heterocycles. The molecule has 5 heteroatoms. The fraction of sp³-hybridized carbons (Fsp3) is 0.182. The number of nitrogens with zero attached hydrogens (tertiary/aromatic N) is 2. The van der Waals surface area contributed by atoms with Crippen molar-refractivity contribution in [1.82, 2.24) is 15.0 Å². The Morgan fingerprint density at radius 2 is 1.89 bits per heavy atom. The van der Waals surface area contributed by atoms with Gasteiger partial charge in [-0.2, -0.15) is 0 Å². The van der Waals surface area contributed by atoms with Gasteiger partial charge in [0, 0.05) is 28.6 Å². The van der Waals surface area contributed by atoms with Crippen molar-refractivity contribution in [1.29, 1.82) is 0 Å². The van der Waals surface area contributed by atoms with Crippen molar-refractivity contribution in [2.75, 3.05) is 12.8 Å². The molecular formula is C22H22N4O. The fourth-order valence-corrected chi connectivity index (χ4v) is 3.59. The molecule has 2 aromatic heterocycles. The number of hydrogen-bond donors (Lipinski definition) is 2.